The van der Waals surface area contributed by atoms with Crippen LogP contribution >= 0.6 is 39.3 Å². The quantitative estimate of drug-likeness (QED) is 0.839. The van der Waals surface area contributed by atoms with E-state index in [1.165, 1.54) is 0 Å². The standard InChI is InChI=1S/C9H6BrClN2OS/c1-5-2-3-7(6(10)4-5)14-9-8(11)12-15-13-9/h2-4H,1H3. The van der Waals surface area contributed by atoms with Crippen molar-refractivity contribution in [2.75, 3.05) is 0 Å². The van der Waals surface area contributed by atoms with Crippen LogP contribution in [0.5, 0.6) is 11.6 Å². The fourth-order valence-electron chi connectivity index (χ4n) is 1.02. The molecule has 78 valence electrons. The highest BCUT2D eigenvalue weighted by Gasteiger charge is 2.09. The minimum atomic E-state index is 0.285. The average Bonchev–Trinajstić information content (AvgIpc) is 2.57. The summed E-state index contributed by atoms with van der Waals surface area (Å²) >= 11 is 10.2. The Morgan fingerprint density at radius 1 is 1.40 bits per heavy atom. The summed E-state index contributed by atoms with van der Waals surface area (Å²) in [5.74, 6) is 1.02. The fourth-order valence-corrected chi connectivity index (χ4v) is 2.21. The van der Waals surface area contributed by atoms with E-state index >= 15 is 0 Å². The lowest BCUT2D eigenvalue weighted by atomic mass is 10.2. The first-order valence-corrected chi connectivity index (χ1v) is 5.99. The first kappa shape index (κ1) is 10.9. The van der Waals surface area contributed by atoms with Gasteiger partial charge in [0.1, 0.15) is 5.75 Å². The van der Waals surface area contributed by atoms with Gasteiger partial charge in [0.05, 0.1) is 16.2 Å². The van der Waals surface area contributed by atoms with Gasteiger partial charge in [-0.25, -0.2) is 0 Å². The van der Waals surface area contributed by atoms with E-state index in [1.54, 1.807) is 0 Å². The van der Waals surface area contributed by atoms with Crippen molar-refractivity contribution in [2.24, 2.45) is 0 Å². The third-order valence-corrected chi connectivity index (χ3v) is 3.19. The molecule has 1 aromatic carbocycles. The van der Waals surface area contributed by atoms with Crippen LogP contribution in [0, 0.1) is 6.92 Å². The summed E-state index contributed by atoms with van der Waals surface area (Å²) in [5.41, 5.74) is 1.15. The molecule has 2 rings (SSSR count). The Bertz CT molecular complexity index is 489. The second kappa shape index (κ2) is 4.47. The van der Waals surface area contributed by atoms with Gasteiger partial charge in [-0.2, -0.15) is 4.37 Å². The molecule has 0 aliphatic heterocycles. The maximum Gasteiger partial charge on any atom is 0.270 e. The van der Waals surface area contributed by atoms with E-state index in [4.69, 9.17) is 16.3 Å². The van der Waals surface area contributed by atoms with Crippen molar-refractivity contribution in [3.63, 3.8) is 0 Å². The van der Waals surface area contributed by atoms with Crippen LogP contribution in [0.2, 0.25) is 5.15 Å². The maximum absolute atomic E-state index is 5.77. The number of aryl methyl sites for hydroxylation is 1. The SMILES string of the molecule is Cc1ccc(Oc2nsnc2Cl)c(Br)c1. The molecule has 0 fully saturated rings. The zero-order chi connectivity index (χ0) is 10.8. The van der Waals surface area contributed by atoms with Crippen LogP contribution in [0.25, 0.3) is 0 Å². The molecule has 0 saturated carbocycles. The summed E-state index contributed by atoms with van der Waals surface area (Å²) in [4.78, 5) is 0. The Hall–Kier alpha value is -0.650. The van der Waals surface area contributed by atoms with Crippen molar-refractivity contribution >= 4 is 39.3 Å². The molecule has 0 N–H and O–H groups in total. The number of halogens is 2. The minimum Gasteiger partial charge on any atom is -0.435 e. The largest absolute Gasteiger partial charge is 0.435 e. The highest BCUT2D eigenvalue weighted by molar-refractivity contribution is 9.10. The Morgan fingerprint density at radius 3 is 2.80 bits per heavy atom. The summed E-state index contributed by atoms with van der Waals surface area (Å²) in [6.45, 7) is 2.01. The van der Waals surface area contributed by atoms with Gasteiger partial charge in [-0.1, -0.05) is 17.7 Å². The molecule has 0 spiro atoms. The predicted molar refractivity (Wildman–Crippen MR) is 63.9 cm³/mol. The second-order valence-electron chi connectivity index (χ2n) is 2.90. The molecule has 0 bridgehead atoms. The van der Waals surface area contributed by atoms with Crippen LogP contribution in [0.15, 0.2) is 22.7 Å². The zero-order valence-electron chi connectivity index (χ0n) is 7.70. The lowest BCUT2D eigenvalue weighted by Gasteiger charge is -2.05. The van der Waals surface area contributed by atoms with Crippen LogP contribution in [-0.4, -0.2) is 8.75 Å². The van der Waals surface area contributed by atoms with Gasteiger partial charge in [-0.05, 0) is 40.5 Å². The second-order valence-corrected chi connectivity index (χ2v) is 4.64. The Balaban J connectivity index is 2.29. The van der Waals surface area contributed by atoms with Crippen LogP contribution < -0.4 is 4.74 Å². The molecule has 6 heteroatoms. The number of rotatable bonds is 2. The first-order chi connectivity index (χ1) is 7.16. The van der Waals surface area contributed by atoms with Crippen LogP contribution in [0.1, 0.15) is 5.56 Å². The van der Waals surface area contributed by atoms with E-state index in [-0.39, 0.29) is 5.15 Å². The van der Waals surface area contributed by atoms with Gasteiger partial charge in [-0.15, -0.1) is 4.37 Å². The van der Waals surface area contributed by atoms with Gasteiger partial charge in [0.2, 0.25) is 5.15 Å². The number of hydrogen-bond acceptors (Lipinski definition) is 4. The number of aromatic nitrogens is 2. The average molecular weight is 306 g/mol. The molecule has 0 aliphatic carbocycles. The van der Waals surface area contributed by atoms with E-state index in [2.05, 4.69) is 24.7 Å². The molecule has 0 unspecified atom stereocenters. The van der Waals surface area contributed by atoms with Gasteiger partial charge in [0, 0.05) is 0 Å². The van der Waals surface area contributed by atoms with Crippen molar-refractivity contribution in [3.05, 3.63) is 33.4 Å². The normalized spacial score (nSPS) is 10.3. The van der Waals surface area contributed by atoms with Crippen molar-refractivity contribution in [2.45, 2.75) is 6.92 Å². The zero-order valence-corrected chi connectivity index (χ0v) is 10.9. The number of nitrogens with zero attached hydrogens (tertiary/aromatic N) is 2. The molecule has 0 atom stereocenters. The van der Waals surface area contributed by atoms with Crippen LogP contribution in [-0.2, 0) is 0 Å². The molecule has 1 aromatic heterocycles. The lowest BCUT2D eigenvalue weighted by Crippen LogP contribution is -1.86. The summed E-state index contributed by atoms with van der Waals surface area (Å²) in [6.07, 6.45) is 0. The van der Waals surface area contributed by atoms with Crippen LogP contribution in [0.4, 0.5) is 0 Å². The van der Waals surface area contributed by atoms with Crippen molar-refractivity contribution in [1.29, 1.82) is 0 Å². The third-order valence-electron chi connectivity index (χ3n) is 1.72. The Morgan fingerprint density at radius 2 is 2.20 bits per heavy atom. The summed E-state index contributed by atoms with van der Waals surface area (Å²) in [5, 5.41) is 0.285. The molecule has 0 radical (unpaired) electrons. The smallest absolute Gasteiger partial charge is 0.270 e. The molecule has 3 nitrogen and oxygen atoms in total. The minimum absolute atomic E-state index is 0.285. The molecule has 1 heterocycles. The molecular formula is C9H6BrClN2OS. The lowest BCUT2D eigenvalue weighted by molar-refractivity contribution is 0.465. The summed E-state index contributed by atoms with van der Waals surface area (Å²) in [6, 6.07) is 5.77. The van der Waals surface area contributed by atoms with Gasteiger partial charge < -0.3 is 4.74 Å². The highest BCUT2D eigenvalue weighted by Crippen LogP contribution is 2.32. The van der Waals surface area contributed by atoms with E-state index < -0.39 is 0 Å². The Labute approximate surface area is 104 Å². The first-order valence-electron chi connectivity index (χ1n) is 4.09. The molecule has 0 saturated heterocycles. The van der Waals surface area contributed by atoms with E-state index in [9.17, 15) is 0 Å². The topological polar surface area (TPSA) is 35.0 Å². The monoisotopic (exact) mass is 304 g/mol. The van der Waals surface area contributed by atoms with Crippen molar-refractivity contribution in [1.82, 2.24) is 8.75 Å². The van der Waals surface area contributed by atoms with Gasteiger partial charge >= 0.3 is 0 Å². The molecule has 15 heavy (non-hydrogen) atoms. The summed E-state index contributed by atoms with van der Waals surface area (Å²) in [7, 11) is 0. The summed E-state index contributed by atoms with van der Waals surface area (Å²) < 4.78 is 14.1. The highest BCUT2D eigenvalue weighted by atomic mass is 79.9. The molecule has 0 amide bonds. The number of hydrogen-bond donors (Lipinski definition) is 0. The van der Waals surface area contributed by atoms with Gasteiger partial charge in [0.25, 0.3) is 5.88 Å². The predicted octanol–water partition coefficient (Wildman–Crippen LogP) is 4.05. The molecular weight excluding hydrogens is 300 g/mol. The van der Waals surface area contributed by atoms with E-state index in [0.717, 1.165) is 21.8 Å². The third kappa shape index (κ3) is 2.48. The van der Waals surface area contributed by atoms with E-state index in [0.29, 0.717) is 11.6 Å². The van der Waals surface area contributed by atoms with Crippen molar-refractivity contribution in [3.8, 4) is 11.6 Å². The van der Waals surface area contributed by atoms with Gasteiger partial charge in [-0.3, -0.25) is 0 Å². The molecule has 2 aromatic rings. The maximum atomic E-state index is 5.77. The molecule has 0 aliphatic rings. The van der Waals surface area contributed by atoms with Gasteiger partial charge in [0.15, 0.2) is 0 Å². The number of ether oxygens (including phenoxy) is 1. The van der Waals surface area contributed by atoms with E-state index in [1.807, 2.05) is 25.1 Å². The fraction of sp³-hybridized carbons (Fsp3) is 0.111. The number of benzene rings is 1. The van der Waals surface area contributed by atoms with Crippen LogP contribution in [0.3, 0.4) is 0 Å². The Kier molecular flexibility index (Phi) is 3.23. The van der Waals surface area contributed by atoms with Crippen molar-refractivity contribution < 1.29 is 4.74 Å².